The Labute approximate surface area is 75.5 Å². The van der Waals surface area contributed by atoms with Crippen molar-refractivity contribution in [1.29, 1.82) is 0 Å². The summed E-state index contributed by atoms with van der Waals surface area (Å²) in [7, 11) is -3.49. The summed E-state index contributed by atoms with van der Waals surface area (Å²) in [6.45, 7) is 0. The Kier molecular flexibility index (Phi) is 2.33. The lowest BCUT2D eigenvalue weighted by molar-refractivity contribution is 0.0996. The van der Waals surface area contributed by atoms with Crippen LogP contribution in [0.1, 0.15) is 10.4 Å². The zero-order valence-corrected chi connectivity index (χ0v) is 7.71. The Balaban J connectivity index is 3.46. The van der Waals surface area contributed by atoms with Crippen LogP contribution in [0.25, 0.3) is 0 Å². The number of hydrogen-bond donors (Lipinski definition) is 1. The molecule has 2 N–H and O–H groups in total. The average Bonchev–Trinajstić information content (AvgIpc) is 2.03. The van der Waals surface area contributed by atoms with E-state index in [1.165, 1.54) is 18.3 Å². The molecule has 70 valence electrons. The molecule has 13 heavy (non-hydrogen) atoms. The lowest BCUT2D eigenvalue weighted by Crippen LogP contribution is -2.16. The van der Waals surface area contributed by atoms with Crippen molar-refractivity contribution in [3.63, 3.8) is 0 Å². The summed E-state index contributed by atoms with van der Waals surface area (Å²) in [6.07, 6.45) is 2.27. The van der Waals surface area contributed by atoms with Crippen molar-refractivity contribution in [2.24, 2.45) is 5.73 Å². The van der Waals surface area contributed by atoms with Gasteiger partial charge in [0.1, 0.15) is 0 Å². The van der Waals surface area contributed by atoms with Crippen molar-refractivity contribution in [3.8, 4) is 0 Å². The van der Waals surface area contributed by atoms with E-state index in [0.29, 0.717) is 0 Å². The summed E-state index contributed by atoms with van der Waals surface area (Å²) < 4.78 is 22.2. The quantitative estimate of drug-likeness (QED) is 0.702. The molecule has 1 amide bonds. The molecule has 0 fully saturated rings. The van der Waals surface area contributed by atoms with Gasteiger partial charge < -0.3 is 5.73 Å². The molecule has 5 nitrogen and oxygen atoms in total. The van der Waals surface area contributed by atoms with Crippen LogP contribution in [0.5, 0.6) is 0 Å². The fourth-order valence-electron chi connectivity index (χ4n) is 0.874. The summed E-state index contributed by atoms with van der Waals surface area (Å²) in [5.74, 6) is -0.798. The Morgan fingerprint density at radius 3 is 2.54 bits per heavy atom. The van der Waals surface area contributed by atoms with Crippen LogP contribution in [-0.4, -0.2) is 25.6 Å². The van der Waals surface area contributed by atoms with E-state index in [0.717, 1.165) is 6.26 Å². The molecule has 6 heteroatoms. The highest BCUT2D eigenvalue weighted by Crippen LogP contribution is 2.10. The third-order valence-corrected chi connectivity index (χ3v) is 2.42. The standard InChI is InChI=1S/C7H8N2O3S/c1-13(11,12)7-5(6(8)10)3-2-4-9-7/h2-4H,1H3,(H2,8,10). The smallest absolute Gasteiger partial charge is 0.251 e. The van der Waals surface area contributed by atoms with Gasteiger partial charge in [0.25, 0.3) is 5.91 Å². The Morgan fingerprint density at radius 2 is 2.15 bits per heavy atom. The van der Waals surface area contributed by atoms with Crippen molar-refractivity contribution in [3.05, 3.63) is 23.9 Å². The van der Waals surface area contributed by atoms with Crippen LogP contribution in [0.15, 0.2) is 23.4 Å². The van der Waals surface area contributed by atoms with Crippen LogP contribution in [-0.2, 0) is 9.84 Å². The summed E-state index contributed by atoms with van der Waals surface area (Å²) in [4.78, 5) is 14.4. The Morgan fingerprint density at radius 1 is 1.54 bits per heavy atom. The molecule has 0 bridgehead atoms. The first-order valence-corrected chi connectivity index (χ1v) is 5.27. The zero-order chi connectivity index (χ0) is 10.1. The van der Waals surface area contributed by atoms with E-state index >= 15 is 0 Å². The van der Waals surface area contributed by atoms with E-state index in [2.05, 4.69) is 4.98 Å². The molecule has 0 aliphatic rings. The second-order valence-electron chi connectivity index (χ2n) is 2.49. The molecule has 0 aliphatic heterocycles. The number of carbonyl (C=O) groups excluding carboxylic acids is 1. The molecule has 1 rings (SSSR count). The maximum atomic E-state index is 11.1. The van der Waals surface area contributed by atoms with E-state index in [1.807, 2.05) is 0 Å². The van der Waals surface area contributed by atoms with Crippen molar-refractivity contribution >= 4 is 15.7 Å². The van der Waals surface area contributed by atoms with E-state index in [1.54, 1.807) is 0 Å². The third-order valence-electron chi connectivity index (χ3n) is 1.39. The summed E-state index contributed by atoms with van der Waals surface area (Å²) in [5.41, 5.74) is 4.89. The molecule has 1 aromatic rings. The van der Waals surface area contributed by atoms with Gasteiger partial charge in [-0.05, 0) is 12.1 Å². The van der Waals surface area contributed by atoms with E-state index in [9.17, 15) is 13.2 Å². The third kappa shape index (κ3) is 2.03. The van der Waals surface area contributed by atoms with Gasteiger partial charge in [-0.2, -0.15) is 0 Å². The number of nitrogens with two attached hydrogens (primary N) is 1. The number of pyridine rings is 1. The lowest BCUT2D eigenvalue weighted by atomic mass is 10.3. The van der Waals surface area contributed by atoms with Gasteiger partial charge in [-0.15, -0.1) is 0 Å². The maximum absolute atomic E-state index is 11.1. The van der Waals surface area contributed by atoms with Gasteiger partial charge in [0.15, 0.2) is 14.9 Å². The highest BCUT2D eigenvalue weighted by atomic mass is 32.2. The molecule has 0 radical (unpaired) electrons. The van der Waals surface area contributed by atoms with Crippen LogP contribution >= 0.6 is 0 Å². The van der Waals surface area contributed by atoms with Crippen LogP contribution < -0.4 is 5.73 Å². The number of amides is 1. The molecule has 0 unspecified atom stereocenters. The first-order valence-electron chi connectivity index (χ1n) is 3.38. The molecule has 1 heterocycles. The van der Waals surface area contributed by atoms with Crippen molar-refractivity contribution < 1.29 is 13.2 Å². The molecule has 1 aromatic heterocycles. The molecule has 0 saturated heterocycles. The molecular formula is C7H8N2O3S. The summed E-state index contributed by atoms with van der Waals surface area (Å²) >= 11 is 0. The number of nitrogens with zero attached hydrogens (tertiary/aromatic N) is 1. The predicted molar refractivity (Wildman–Crippen MR) is 45.9 cm³/mol. The molecule has 0 saturated carbocycles. The molecule has 0 aliphatic carbocycles. The van der Waals surface area contributed by atoms with Crippen molar-refractivity contribution in [1.82, 2.24) is 4.98 Å². The Hall–Kier alpha value is -1.43. The fraction of sp³-hybridized carbons (Fsp3) is 0.143. The highest BCUT2D eigenvalue weighted by molar-refractivity contribution is 7.90. The minimum absolute atomic E-state index is 0.0787. The van der Waals surface area contributed by atoms with Gasteiger partial charge in [-0.3, -0.25) is 4.79 Å². The molecule has 0 spiro atoms. The van der Waals surface area contributed by atoms with Crippen LogP contribution in [0, 0.1) is 0 Å². The first-order chi connectivity index (χ1) is 5.93. The summed E-state index contributed by atoms with van der Waals surface area (Å²) in [5, 5.41) is -0.275. The highest BCUT2D eigenvalue weighted by Gasteiger charge is 2.17. The van der Waals surface area contributed by atoms with E-state index in [-0.39, 0.29) is 10.6 Å². The average molecular weight is 200 g/mol. The normalized spacial score (nSPS) is 11.2. The largest absolute Gasteiger partial charge is 0.366 e. The summed E-state index contributed by atoms with van der Waals surface area (Å²) in [6, 6.07) is 2.78. The minimum Gasteiger partial charge on any atom is -0.366 e. The number of rotatable bonds is 2. The van der Waals surface area contributed by atoms with Crippen LogP contribution in [0.3, 0.4) is 0 Å². The number of hydrogen-bond acceptors (Lipinski definition) is 4. The van der Waals surface area contributed by atoms with Gasteiger partial charge in [0, 0.05) is 12.5 Å². The number of primary amides is 1. The van der Waals surface area contributed by atoms with Crippen molar-refractivity contribution in [2.75, 3.05) is 6.26 Å². The lowest BCUT2D eigenvalue weighted by Gasteiger charge is -2.01. The molecule has 0 aromatic carbocycles. The number of aromatic nitrogens is 1. The number of sulfone groups is 1. The van der Waals surface area contributed by atoms with Crippen LogP contribution in [0.4, 0.5) is 0 Å². The molecule has 0 atom stereocenters. The first kappa shape index (κ1) is 9.66. The van der Waals surface area contributed by atoms with E-state index in [4.69, 9.17) is 5.73 Å². The number of carbonyl (C=O) groups is 1. The zero-order valence-electron chi connectivity index (χ0n) is 6.89. The molecular weight excluding hydrogens is 192 g/mol. The Bertz CT molecular complexity index is 439. The minimum atomic E-state index is -3.49. The fourth-order valence-corrected chi connectivity index (χ4v) is 1.69. The van der Waals surface area contributed by atoms with Gasteiger partial charge in [0.2, 0.25) is 0 Å². The van der Waals surface area contributed by atoms with Gasteiger partial charge in [-0.25, -0.2) is 13.4 Å². The monoisotopic (exact) mass is 200 g/mol. The van der Waals surface area contributed by atoms with Gasteiger partial charge in [0.05, 0.1) is 5.56 Å². The second-order valence-corrected chi connectivity index (χ2v) is 4.42. The SMILES string of the molecule is CS(=O)(=O)c1ncccc1C(N)=O. The van der Waals surface area contributed by atoms with E-state index < -0.39 is 15.7 Å². The topological polar surface area (TPSA) is 90.1 Å². The predicted octanol–water partition coefficient (Wildman–Crippen LogP) is -0.416. The van der Waals surface area contributed by atoms with Gasteiger partial charge >= 0.3 is 0 Å². The maximum Gasteiger partial charge on any atom is 0.251 e. The second kappa shape index (κ2) is 3.14. The van der Waals surface area contributed by atoms with Gasteiger partial charge in [-0.1, -0.05) is 0 Å². The van der Waals surface area contributed by atoms with Crippen molar-refractivity contribution in [2.45, 2.75) is 5.03 Å². The van der Waals surface area contributed by atoms with Crippen LogP contribution in [0.2, 0.25) is 0 Å².